The second-order valence-electron chi connectivity index (χ2n) is 4.60. The molecule has 0 aromatic heterocycles. The highest BCUT2D eigenvalue weighted by molar-refractivity contribution is 5.84. The fourth-order valence-electron chi connectivity index (χ4n) is 2.36. The first-order valence-corrected chi connectivity index (χ1v) is 6.27. The predicted molar refractivity (Wildman–Crippen MR) is 66.3 cm³/mol. The molecule has 0 bridgehead atoms. The Bertz CT molecular complexity index is 290. The number of primary amides is 1. The molecule has 1 aliphatic rings. The van der Waals surface area contributed by atoms with Crippen LogP contribution in [0.1, 0.15) is 44.9 Å². The van der Waals surface area contributed by atoms with E-state index >= 15 is 0 Å². The van der Waals surface area contributed by atoms with Gasteiger partial charge >= 0.3 is 0 Å². The number of nitrogens with zero attached hydrogens (tertiary/aromatic N) is 3. The summed E-state index contributed by atoms with van der Waals surface area (Å²) in [5, 5.41) is 6.74. The Kier molecular flexibility index (Phi) is 5.80. The zero-order valence-electron chi connectivity index (χ0n) is 10.2. The van der Waals surface area contributed by atoms with Gasteiger partial charge in [-0.1, -0.05) is 30.8 Å². The summed E-state index contributed by atoms with van der Waals surface area (Å²) in [7, 11) is 0. The summed E-state index contributed by atoms with van der Waals surface area (Å²) in [6, 6.07) is 0. The minimum atomic E-state index is -0.535. The minimum Gasteiger partial charge on any atom is -0.368 e. The van der Waals surface area contributed by atoms with E-state index in [9.17, 15) is 4.79 Å². The summed E-state index contributed by atoms with van der Waals surface area (Å²) < 4.78 is 0. The highest BCUT2D eigenvalue weighted by Gasteiger charge is 2.35. The van der Waals surface area contributed by atoms with Gasteiger partial charge in [-0.15, -0.1) is 0 Å². The number of hydrogen-bond donors (Lipinski definition) is 2. The van der Waals surface area contributed by atoms with Crippen LogP contribution in [0.5, 0.6) is 0 Å². The fraction of sp³-hybridized carbons (Fsp3) is 0.909. The molecule has 0 spiro atoms. The number of rotatable bonds is 6. The van der Waals surface area contributed by atoms with Crippen LogP contribution >= 0.6 is 0 Å². The van der Waals surface area contributed by atoms with Crippen molar-refractivity contribution in [2.24, 2.45) is 10.8 Å². The van der Waals surface area contributed by atoms with Gasteiger partial charge in [-0.05, 0) is 31.3 Å². The Hall–Kier alpha value is -1.26. The maximum absolute atomic E-state index is 11.6. The topological polar surface area (TPSA) is 104 Å². The minimum absolute atomic E-state index is 0.247. The molecule has 1 fully saturated rings. The summed E-state index contributed by atoms with van der Waals surface area (Å²) in [6.45, 7) is 1.13. The van der Waals surface area contributed by atoms with Crippen molar-refractivity contribution in [2.75, 3.05) is 13.1 Å². The smallest absolute Gasteiger partial charge is 0.237 e. The van der Waals surface area contributed by atoms with Crippen molar-refractivity contribution >= 4 is 5.91 Å². The molecular formula is C11H21N5O. The first-order valence-electron chi connectivity index (χ1n) is 6.27. The maximum atomic E-state index is 11.6. The first-order chi connectivity index (χ1) is 8.21. The molecule has 96 valence electrons. The summed E-state index contributed by atoms with van der Waals surface area (Å²) in [5.74, 6) is -0.247. The van der Waals surface area contributed by atoms with Crippen LogP contribution in [0.15, 0.2) is 5.11 Å². The van der Waals surface area contributed by atoms with E-state index in [2.05, 4.69) is 15.3 Å². The largest absolute Gasteiger partial charge is 0.368 e. The van der Waals surface area contributed by atoms with Crippen LogP contribution in [0.25, 0.3) is 10.4 Å². The van der Waals surface area contributed by atoms with Gasteiger partial charge in [0.2, 0.25) is 5.91 Å². The lowest BCUT2D eigenvalue weighted by molar-refractivity contribution is -0.125. The van der Waals surface area contributed by atoms with Gasteiger partial charge in [0.25, 0.3) is 0 Å². The molecule has 0 unspecified atom stereocenters. The quantitative estimate of drug-likeness (QED) is 0.243. The molecule has 0 aliphatic heterocycles. The molecule has 3 N–H and O–H groups in total. The lowest BCUT2D eigenvalue weighted by Gasteiger charge is -2.30. The number of carbonyl (C=O) groups is 1. The van der Waals surface area contributed by atoms with Crippen LogP contribution < -0.4 is 11.1 Å². The Balaban J connectivity index is 2.46. The number of nitrogens with one attached hydrogen (secondary N) is 1. The van der Waals surface area contributed by atoms with Crippen molar-refractivity contribution in [3.63, 3.8) is 0 Å². The Morgan fingerprint density at radius 1 is 1.35 bits per heavy atom. The van der Waals surface area contributed by atoms with Crippen LogP contribution in [0.2, 0.25) is 0 Å². The van der Waals surface area contributed by atoms with E-state index in [-0.39, 0.29) is 5.91 Å². The standard InChI is InChI=1S/C11H21N5O/c12-10(17)11(6-3-1-2-4-7-11)14-8-5-9-15-16-13/h14H,1-9H2,(H2,12,17). The van der Waals surface area contributed by atoms with Crippen molar-refractivity contribution in [3.05, 3.63) is 10.4 Å². The molecule has 0 atom stereocenters. The van der Waals surface area contributed by atoms with Gasteiger partial charge in [-0.3, -0.25) is 4.79 Å². The van der Waals surface area contributed by atoms with Crippen molar-refractivity contribution < 1.29 is 4.79 Å². The third-order valence-corrected chi connectivity index (χ3v) is 3.39. The monoisotopic (exact) mass is 239 g/mol. The average Bonchev–Trinajstić information content (AvgIpc) is 2.55. The van der Waals surface area contributed by atoms with Crippen molar-refractivity contribution in [2.45, 2.75) is 50.5 Å². The second-order valence-corrected chi connectivity index (χ2v) is 4.60. The fourth-order valence-corrected chi connectivity index (χ4v) is 2.36. The van der Waals surface area contributed by atoms with Gasteiger partial charge in [0.15, 0.2) is 0 Å². The van der Waals surface area contributed by atoms with Crippen LogP contribution in [0, 0.1) is 0 Å². The number of carbonyl (C=O) groups excluding carboxylic acids is 1. The van der Waals surface area contributed by atoms with E-state index in [0.29, 0.717) is 13.1 Å². The van der Waals surface area contributed by atoms with Crippen LogP contribution in [-0.4, -0.2) is 24.5 Å². The van der Waals surface area contributed by atoms with E-state index < -0.39 is 5.54 Å². The van der Waals surface area contributed by atoms with E-state index in [1.165, 1.54) is 12.8 Å². The highest BCUT2D eigenvalue weighted by atomic mass is 16.1. The maximum Gasteiger partial charge on any atom is 0.237 e. The Morgan fingerprint density at radius 2 is 2.00 bits per heavy atom. The molecule has 1 amide bonds. The summed E-state index contributed by atoms with van der Waals surface area (Å²) in [6.07, 6.45) is 6.83. The normalized spacial score (nSPS) is 19.1. The second kappa shape index (κ2) is 7.14. The van der Waals surface area contributed by atoms with E-state index in [1.54, 1.807) is 0 Å². The Labute approximate surface area is 102 Å². The number of hydrogen-bond acceptors (Lipinski definition) is 3. The van der Waals surface area contributed by atoms with Gasteiger partial charge in [0.05, 0.1) is 5.54 Å². The number of azide groups is 1. The molecule has 0 saturated heterocycles. The average molecular weight is 239 g/mol. The zero-order valence-corrected chi connectivity index (χ0v) is 10.2. The van der Waals surface area contributed by atoms with E-state index in [4.69, 9.17) is 11.3 Å². The Morgan fingerprint density at radius 3 is 2.53 bits per heavy atom. The zero-order chi connectivity index (χ0) is 12.6. The molecule has 1 rings (SSSR count). The SMILES string of the molecule is [N-]=[N+]=NCCCNC1(C(N)=O)CCCCCC1. The molecular weight excluding hydrogens is 218 g/mol. The molecule has 0 aromatic carbocycles. The number of nitrogens with two attached hydrogens (primary N) is 1. The molecule has 6 nitrogen and oxygen atoms in total. The summed E-state index contributed by atoms with van der Waals surface area (Å²) in [5.41, 5.74) is 13.1. The lowest BCUT2D eigenvalue weighted by Crippen LogP contribution is -2.55. The molecule has 0 radical (unpaired) electrons. The van der Waals surface area contributed by atoms with Crippen molar-refractivity contribution in [1.29, 1.82) is 0 Å². The summed E-state index contributed by atoms with van der Waals surface area (Å²) in [4.78, 5) is 14.3. The third kappa shape index (κ3) is 4.24. The van der Waals surface area contributed by atoms with Gasteiger partial charge < -0.3 is 11.1 Å². The molecule has 1 saturated carbocycles. The van der Waals surface area contributed by atoms with E-state index in [1.807, 2.05) is 0 Å². The lowest BCUT2D eigenvalue weighted by atomic mass is 9.89. The van der Waals surface area contributed by atoms with Crippen molar-refractivity contribution in [3.8, 4) is 0 Å². The van der Waals surface area contributed by atoms with Gasteiger partial charge in [0, 0.05) is 11.5 Å². The van der Waals surface area contributed by atoms with Crippen LogP contribution in [0.4, 0.5) is 0 Å². The van der Waals surface area contributed by atoms with E-state index in [0.717, 1.165) is 32.1 Å². The third-order valence-electron chi connectivity index (χ3n) is 3.39. The number of amides is 1. The van der Waals surface area contributed by atoms with Gasteiger partial charge in [-0.25, -0.2) is 0 Å². The van der Waals surface area contributed by atoms with Crippen molar-refractivity contribution in [1.82, 2.24) is 5.32 Å². The molecule has 6 heteroatoms. The first kappa shape index (κ1) is 13.8. The van der Waals surface area contributed by atoms with Gasteiger partial charge in [-0.2, -0.15) is 0 Å². The molecule has 0 aromatic rings. The van der Waals surface area contributed by atoms with Gasteiger partial charge in [0.1, 0.15) is 0 Å². The summed E-state index contributed by atoms with van der Waals surface area (Å²) >= 11 is 0. The molecule has 17 heavy (non-hydrogen) atoms. The van der Waals surface area contributed by atoms with Crippen LogP contribution in [0.3, 0.4) is 0 Å². The van der Waals surface area contributed by atoms with Crippen LogP contribution in [-0.2, 0) is 4.79 Å². The molecule has 1 aliphatic carbocycles. The highest BCUT2D eigenvalue weighted by Crippen LogP contribution is 2.26. The predicted octanol–water partition coefficient (Wildman–Crippen LogP) is 1.85. The molecule has 0 heterocycles.